The molecule has 0 unspecified atom stereocenters. The van der Waals surface area contributed by atoms with E-state index in [-0.39, 0.29) is 0 Å². The second kappa shape index (κ2) is 5.10. The molecule has 0 fully saturated rings. The first-order chi connectivity index (χ1) is 5.80. The molecule has 1 aromatic rings. The number of thioether (sulfide) groups is 3. The summed E-state index contributed by atoms with van der Waals surface area (Å²) in [6.07, 6.45) is 6.27. The smallest absolute Gasteiger partial charge is 0.0171 e. The summed E-state index contributed by atoms with van der Waals surface area (Å²) in [6, 6.07) is 7.68. The molecule has 65 valence electrons. The fourth-order valence-corrected chi connectivity index (χ4v) is 2.43. The van der Waals surface area contributed by atoms with Crippen LogP contribution in [-0.4, -0.2) is 18.8 Å². The van der Waals surface area contributed by atoms with Gasteiger partial charge in [0.25, 0.3) is 0 Å². The Kier molecular flexibility index (Phi) is 4.40. The first-order valence-electron chi connectivity index (χ1n) is 3.49. The third-order valence-electron chi connectivity index (χ3n) is 1.47. The zero-order valence-corrected chi connectivity index (χ0v) is 9.83. The van der Waals surface area contributed by atoms with Gasteiger partial charge in [0.05, 0.1) is 0 Å². The Labute approximate surface area is 86.9 Å². The molecule has 0 heterocycles. The molecule has 0 aromatic heterocycles. The highest BCUT2D eigenvalue weighted by atomic mass is 32.2. The minimum absolute atomic E-state index is 1.23. The summed E-state index contributed by atoms with van der Waals surface area (Å²) in [5.41, 5.74) is 0. The van der Waals surface area contributed by atoms with E-state index < -0.39 is 0 Å². The van der Waals surface area contributed by atoms with Gasteiger partial charge in [0.1, 0.15) is 0 Å². The van der Waals surface area contributed by atoms with Crippen molar-refractivity contribution >= 4 is 35.3 Å². The van der Waals surface area contributed by atoms with Gasteiger partial charge >= 0.3 is 0 Å². The normalized spacial score (nSPS) is 10.2. The van der Waals surface area contributed by atoms with Crippen LogP contribution in [-0.2, 0) is 0 Å². The Bertz CT molecular complexity index is 203. The van der Waals surface area contributed by atoms with E-state index in [4.69, 9.17) is 0 Å². The topological polar surface area (TPSA) is 0 Å². The molecule has 0 aliphatic carbocycles. The third-order valence-corrected chi connectivity index (χ3v) is 3.50. The van der Waals surface area contributed by atoms with Crippen LogP contribution in [0.3, 0.4) is 0 Å². The van der Waals surface area contributed by atoms with E-state index in [2.05, 4.69) is 37.0 Å². The fourth-order valence-electron chi connectivity index (χ4n) is 0.831. The minimum Gasteiger partial charge on any atom is -0.130 e. The van der Waals surface area contributed by atoms with Gasteiger partial charge in [0.2, 0.25) is 0 Å². The molecule has 0 saturated heterocycles. The Hall–Kier alpha value is 0.270. The Morgan fingerprint density at radius 3 is 1.75 bits per heavy atom. The maximum Gasteiger partial charge on any atom is 0.0171 e. The van der Waals surface area contributed by atoms with Gasteiger partial charge in [-0.2, -0.15) is 0 Å². The number of benzene rings is 1. The van der Waals surface area contributed by atoms with Gasteiger partial charge in [-0.05, 0) is 30.9 Å². The summed E-state index contributed by atoms with van der Waals surface area (Å²) in [5.74, 6) is 0. The molecular weight excluding hydrogens is 204 g/mol. The highest BCUT2D eigenvalue weighted by Gasteiger charge is 1.98. The molecule has 1 aromatic carbocycles. The van der Waals surface area contributed by atoms with E-state index in [1.165, 1.54) is 14.7 Å². The Morgan fingerprint density at radius 2 is 1.42 bits per heavy atom. The molecule has 0 bridgehead atoms. The van der Waals surface area contributed by atoms with Crippen molar-refractivity contribution in [3.05, 3.63) is 18.2 Å². The van der Waals surface area contributed by atoms with E-state index >= 15 is 0 Å². The van der Waals surface area contributed by atoms with Crippen LogP contribution >= 0.6 is 35.3 Å². The van der Waals surface area contributed by atoms with Crippen LogP contribution in [0.2, 0.25) is 0 Å². The minimum atomic E-state index is 1.23. The summed E-state index contributed by atoms with van der Waals surface area (Å²) < 4.78 is 0. The van der Waals surface area contributed by atoms with Crippen LogP contribution in [0, 0.1) is 6.07 Å². The molecule has 0 atom stereocenters. The van der Waals surface area contributed by atoms with Gasteiger partial charge in [-0.1, -0.05) is 0 Å². The lowest BCUT2D eigenvalue weighted by Gasteiger charge is -2.03. The quantitative estimate of drug-likeness (QED) is 0.706. The van der Waals surface area contributed by atoms with E-state index in [0.717, 1.165) is 0 Å². The summed E-state index contributed by atoms with van der Waals surface area (Å²) in [5, 5.41) is 0. The molecule has 0 amide bonds. The second-order valence-corrected chi connectivity index (χ2v) is 4.73. The van der Waals surface area contributed by atoms with Crippen LogP contribution < -0.4 is 0 Å². The van der Waals surface area contributed by atoms with Gasteiger partial charge in [-0.15, -0.1) is 35.3 Å². The van der Waals surface area contributed by atoms with E-state index in [1.807, 2.05) is 0 Å². The van der Waals surface area contributed by atoms with Crippen LogP contribution in [0.25, 0.3) is 0 Å². The molecule has 0 saturated carbocycles. The van der Waals surface area contributed by atoms with E-state index in [0.29, 0.717) is 0 Å². The molecule has 1 radical (unpaired) electrons. The second-order valence-electron chi connectivity index (χ2n) is 2.16. The van der Waals surface area contributed by atoms with Crippen molar-refractivity contribution in [2.75, 3.05) is 18.8 Å². The summed E-state index contributed by atoms with van der Waals surface area (Å²) in [6.45, 7) is 0. The Balaban J connectivity index is 3.01. The lowest BCUT2D eigenvalue weighted by molar-refractivity contribution is 1.22. The van der Waals surface area contributed by atoms with Crippen molar-refractivity contribution in [2.24, 2.45) is 0 Å². The standard InChI is InChI=1S/C9H11S3/c1-10-7-4-8(11-2)6-9(5-7)12-3/h4-5H,1-3H3. The van der Waals surface area contributed by atoms with Crippen LogP contribution in [0.1, 0.15) is 0 Å². The largest absolute Gasteiger partial charge is 0.130 e. The maximum absolute atomic E-state index is 3.33. The maximum atomic E-state index is 3.33. The lowest BCUT2D eigenvalue weighted by atomic mass is 10.4. The van der Waals surface area contributed by atoms with Crippen LogP contribution in [0.4, 0.5) is 0 Å². The number of rotatable bonds is 3. The third kappa shape index (κ3) is 2.64. The summed E-state index contributed by atoms with van der Waals surface area (Å²) in [4.78, 5) is 3.78. The fraction of sp³-hybridized carbons (Fsp3) is 0.333. The molecule has 12 heavy (non-hydrogen) atoms. The molecule has 0 nitrogen and oxygen atoms in total. The van der Waals surface area contributed by atoms with Crippen molar-refractivity contribution in [3.63, 3.8) is 0 Å². The predicted molar refractivity (Wildman–Crippen MR) is 60.6 cm³/mol. The van der Waals surface area contributed by atoms with Crippen LogP contribution in [0.15, 0.2) is 26.8 Å². The molecule has 0 aliphatic rings. The SMILES string of the molecule is CSc1[c]c(SC)cc(SC)c1. The van der Waals surface area contributed by atoms with E-state index in [1.54, 1.807) is 35.3 Å². The first-order valence-corrected chi connectivity index (χ1v) is 7.17. The Morgan fingerprint density at radius 1 is 0.917 bits per heavy atom. The number of hydrogen-bond acceptors (Lipinski definition) is 3. The molecule has 0 aliphatic heterocycles. The van der Waals surface area contributed by atoms with E-state index in [9.17, 15) is 0 Å². The molecule has 3 heteroatoms. The highest BCUT2D eigenvalue weighted by molar-refractivity contribution is 8.00. The van der Waals surface area contributed by atoms with Gasteiger partial charge in [0.15, 0.2) is 0 Å². The van der Waals surface area contributed by atoms with Crippen molar-refractivity contribution in [1.29, 1.82) is 0 Å². The van der Waals surface area contributed by atoms with Crippen molar-refractivity contribution in [1.82, 2.24) is 0 Å². The average molecular weight is 215 g/mol. The highest BCUT2D eigenvalue weighted by Crippen LogP contribution is 2.27. The van der Waals surface area contributed by atoms with Crippen LogP contribution in [0.5, 0.6) is 0 Å². The van der Waals surface area contributed by atoms with Crippen molar-refractivity contribution in [2.45, 2.75) is 14.7 Å². The molecule has 0 spiro atoms. The zero-order chi connectivity index (χ0) is 8.97. The van der Waals surface area contributed by atoms with Gasteiger partial charge in [0, 0.05) is 20.8 Å². The van der Waals surface area contributed by atoms with Gasteiger partial charge < -0.3 is 0 Å². The molecular formula is C9H11S3. The summed E-state index contributed by atoms with van der Waals surface area (Å²) in [7, 11) is 0. The lowest BCUT2D eigenvalue weighted by Crippen LogP contribution is -1.77. The molecule has 1 rings (SSSR count). The summed E-state index contributed by atoms with van der Waals surface area (Å²) >= 11 is 5.27. The van der Waals surface area contributed by atoms with Crippen molar-refractivity contribution < 1.29 is 0 Å². The number of hydrogen-bond donors (Lipinski definition) is 0. The zero-order valence-electron chi connectivity index (χ0n) is 7.38. The average Bonchev–Trinajstić information content (AvgIpc) is 2.16. The molecule has 0 N–H and O–H groups in total. The predicted octanol–water partition coefficient (Wildman–Crippen LogP) is 3.65. The van der Waals surface area contributed by atoms with Gasteiger partial charge in [-0.25, -0.2) is 0 Å². The first kappa shape index (κ1) is 10.4. The monoisotopic (exact) mass is 215 g/mol. The van der Waals surface area contributed by atoms with Gasteiger partial charge in [-0.3, -0.25) is 0 Å². The van der Waals surface area contributed by atoms with Crippen molar-refractivity contribution in [3.8, 4) is 0 Å².